The first-order valence-electron chi connectivity index (χ1n) is 4.87. The summed E-state index contributed by atoms with van der Waals surface area (Å²) in [4.78, 5) is 4.58. The molecule has 1 heterocycles. The average Bonchev–Trinajstić information content (AvgIpc) is 2.48. The van der Waals surface area contributed by atoms with Crippen molar-refractivity contribution in [2.45, 2.75) is 38.5 Å². The van der Waals surface area contributed by atoms with E-state index in [0.29, 0.717) is 6.04 Å². The number of hydrogen-bond donors (Lipinski definition) is 0. The maximum absolute atomic E-state index is 4.58. The van der Waals surface area contributed by atoms with E-state index in [1.165, 1.54) is 6.42 Å². The van der Waals surface area contributed by atoms with Crippen LogP contribution in [0.25, 0.3) is 0 Å². The largest absolute Gasteiger partial charge is 0.282 e. The van der Waals surface area contributed by atoms with Crippen LogP contribution in [0.4, 0.5) is 0 Å². The van der Waals surface area contributed by atoms with Gasteiger partial charge in [-0.05, 0) is 24.2 Å². The zero-order valence-corrected chi connectivity index (χ0v) is 8.84. The minimum absolute atomic E-state index is 0.619. The van der Waals surface area contributed by atoms with Gasteiger partial charge in [0.1, 0.15) is 0 Å². The standard InChI is InChI=1S/C10H17NS/c1-6-4-7(2)10-9(8(6)3)11-5-12-10/h5-10H,4H2,1-3H3. The van der Waals surface area contributed by atoms with E-state index in [1.54, 1.807) is 0 Å². The highest BCUT2D eigenvalue weighted by atomic mass is 32.2. The highest BCUT2D eigenvalue weighted by molar-refractivity contribution is 8.12. The van der Waals surface area contributed by atoms with Gasteiger partial charge in [0.05, 0.1) is 11.6 Å². The summed E-state index contributed by atoms with van der Waals surface area (Å²) in [6.45, 7) is 7.11. The average molecular weight is 183 g/mol. The zero-order valence-electron chi connectivity index (χ0n) is 8.03. The van der Waals surface area contributed by atoms with Crippen LogP contribution in [0.1, 0.15) is 27.2 Å². The summed E-state index contributed by atoms with van der Waals surface area (Å²) in [6, 6.07) is 0.619. The molecular weight excluding hydrogens is 166 g/mol. The molecule has 2 heteroatoms. The molecule has 2 rings (SSSR count). The van der Waals surface area contributed by atoms with Crippen molar-refractivity contribution in [1.82, 2.24) is 0 Å². The molecular formula is C10H17NS. The van der Waals surface area contributed by atoms with Crippen molar-refractivity contribution in [3.8, 4) is 0 Å². The van der Waals surface area contributed by atoms with Gasteiger partial charge in [0, 0.05) is 5.25 Å². The number of aliphatic imine (C=N–C) groups is 1. The second kappa shape index (κ2) is 3.06. The lowest BCUT2D eigenvalue weighted by Crippen LogP contribution is -2.40. The van der Waals surface area contributed by atoms with Crippen LogP contribution in [0.15, 0.2) is 4.99 Å². The molecule has 68 valence electrons. The molecule has 5 unspecified atom stereocenters. The molecule has 0 radical (unpaired) electrons. The number of thioether (sulfide) groups is 1. The van der Waals surface area contributed by atoms with Crippen LogP contribution >= 0.6 is 11.8 Å². The summed E-state index contributed by atoms with van der Waals surface area (Å²) in [5.41, 5.74) is 2.07. The Labute approximate surface area is 79.0 Å². The smallest absolute Gasteiger partial charge is 0.0658 e. The molecule has 0 spiro atoms. The Kier molecular flexibility index (Phi) is 2.19. The van der Waals surface area contributed by atoms with Gasteiger partial charge in [-0.3, -0.25) is 4.99 Å². The summed E-state index contributed by atoms with van der Waals surface area (Å²) in [7, 11) is 0. The van der Waals surface area contributed by atoms with Crippen molar-refractivity contribution >= 4 is 17.3 Å². The van der Waals surface area contributed by atoms with Crippen LogP contribution in [0.3, 0.4) is 0 Å². The third-order valence-corrected chi connectivity index (χ3v) is 4.83. The minimum atomic E-state index is 0.619. The van der Waals surface area contributed by atoms with Gasteiger partial charge in [0.2, 0.25) is 0 Å². The third kappa shape index (κ3) is 1.20. The quantitative estimate of drug-likeness (QED) is 0.562. The van der Waals surface area contributed by atoms with Gasteiger partial charge in [-0.25, -0.2) is 0 Å². The molecule has 0 aromatic rings. The summed E-state index contributed by atoms with van der Waals surface area (Å²) >= 11 is 1.95. The second-order valence-electron chi connectivity index (χ2n) is 4.40. The molecule has 1 saturated carbocycles. The molecule has 2 aliphatic rings. The molecule has 0 saturated heterocycles. The van der Waals surface area contributed by atoms with E-state index in [2.05, 4.69) is 31.3 Å². The van der Waals surface area contributed by atoms with Gasteiger partial charge < -0.3 is 0 Å². The van der Waals surface area contributed by atoms with Crippen molar-refractivity contribution < 1.29 is 0 Å². The van der Waals surface area contributed by atoms with Crippen molar-refractivity contribution in [2.75, 3.05) is 0 Å². The highest BCUT2D eigenvalue weighted by Gasteiger charge is 2.40. The predicted octanol–water partition coefficient (Wildman–Crippen LogP) is 2.81. The first-order valence-corrected chi connectivity index (χ1v) is 5.81. The Morgan fingerprint density at radius 1 is 1.25 bits per heavy atom. The van der Waals surface area contributed by atoms with E-state index >= 15 is 0 Å². The highest BCUT2D eigenvalue weighted by Crippen LogP contribution is 2.43. The summed E-state index contributed by atoms with van der Waals surface area (Å²) in [5.74, 6) is 2.50. The second-order valence-corrected chi connectivity index (χ2v) is 5.42. The van der Waals surface area contributed by atoms with E-state index in [-0.39, 0.29) is 0 Å². The summed E-state index contributed by atoms with van der Waals surface area (Å²) in [6.07, 6.45) is 1.39. The topological polar surface area (TPSA) is 12.4 Å². The van der Waals surface area contributed by atoms with Crippen molar-refractivity contribution in [1.29, 1.82) is 0 Å². The normalized spacial score (nSPS) is 52.4. The maximum Gasteiger partial charge on any atom is 0.0658 e. The van der Waals surface area contributed by atoms with Crippen molar-refractivity contribution in [3.63, 3.8) is 0 Å². The molecule has 1 aliphatic carbocycles. The molecule has 0 aromatic heterocycles. The molecule has 0 bridgehead atoms. The molecule has 0 N–H and O–H groups in total. The van der Waals surface area contributed by atoms with Crippen molar-refractivity contribution in [2.24, 2.45) is 22.7 Å². The predicted molar refractivity (Wildman–Crippen MR) is 55.8 cm³/mol. The van der Waals surface area contributed by atoms with Crippen LogP contribution in [-0.4, -0.2) is 16.8 Å². The minimum Gasteiger partial charge on any atom is -0.282 e. The van der Waals surface area contributed by atoms with E-state index in [0.717, 1.165) is 23.0 Å². The van der Waals surface area contributed by atoms with Crippen LogP contribution < -0.4 is 0 Å². The SMILES string of the molecule is CC1CC(C)C2SC=NC2C1C. The number of fused-ring (bicyclic) bond motifs is 1. The Hall–Kier alpha value is 0.0200. The van der Waals surface area contributed by atoms with Crippen LogP contribution in [0.2, 0.25) is 0 Å². The lowest BCUT2D eigenvalue weighted by atomic mass is 9.73. The Morgan fingerprint density at radius 3 is 2.75 bits per heavy atom. The number of nitrogens with zero attached hydrogens (tertiary/aromatic N) is 1. The molecule has 12 heavy (non-hydrogen) atoms. The van der Waals surface area contributed by atoms with Crippen LogP contribution in [0, 0.1) is 17.8 Å². The Balaban J connectivity index is 2.16. The van der Waals surface area contributed by atoms with E-state index in [4.69, 9.17) is 0 Å². The molecule has 5 atom stereocenters. The van der Waals surface area contributed by atoms with Crippen LogP contribution in [0.5, 0.6) is 0 Å². The van der Waals surface area contributed by atoms with Gasteiger partial charge in [-0.1, -0.05) is 20.8 Å². The fourth-order valence-electron chi connectivity index (χ4n) is 2.52. The monoisotopic (exact) mass is 183 g/mol. The van der Waals surface area contributed by atoms with E-state index in [1.807, 2.05) is 11.8 Å². The van der Waals surface area contributed by atoms with Crippen molar-refractivity contribution in [3.05, 3.63) is 0 Å². The molecule has 0 aromatic carbocycles. The third-order valence-electron chi connectivity index (χ3n) is 3.53. The Morgan fingerprint density at radius 2 is 2.00 bits per heavy atom. The van der Waals surface area contributed by atoms with Gasteiger partial charge in [0.25, 0.3) is 0 Å². The molecule has 1 fully saturated rings. The van der Waals surface area contributed by atoms with Gasteiger partial charge >= 0.3 is 0 Å². The lowest BCUT2D eigenvalue weighted by molar-refractivity contribution is 0.201. The lowest BCUT2D eigenvalue weighted by Gasteiger charge is -2.38. The van der Waals surface area contributed by atoms with Gasteiger partial charge in [-0.15, -0.1) is 11.8 Å². The fraction of sp³-hybridized carbons (Fsp3) is 0.900. The molecule has 1 nitrogen and oxygen atoms in total. The first-order chi connectivity index (χ1) is 5.70. The fourth-order valence-corrected chi connectivity index (χ4v) is 3.73. The first kappa shape index (κ1) is 8.61. The number of rotatable bonds is 0. The Bertz CT molecular complexity index is 202. The summed E-state index contributed by atoms with van der Waals surface area (Å²) < 4.78 is 0. The van der Waals surface area contributed by atoms with E-state index in [9.17, 15) is 0 Å². The zero-order chi connectivity index (χ0) is 8.72. The summed E-state index contributed by atoms with van der Waals surface area (Å²) in [5, 5.41) is 0.788. The van der Waals surface area contributed by atoms with Gasteiger partial charge in [0.15, 0.2) is 0 Å². The van der Waals surface area contributed by atoms with E-state index < -0.39 is 0 Å². The number of hydrogen-bond acceptors (Lipinski definition) is 2. The molecule has 0 amide bonds. The maximum atomic E-state index is 4.58. The van der Waals surface area contributed by atoms with Crippen LogP contribution in [-0.2, 0) is 0 Å². The molecule has 1 aliphatic heterocycles. The van der Waals surface area contributed by atoms with Gasteiger partial charge in [-0.2, -0.15) is 0 Å².